The third-order valence-corrected chi connectivity index (χ3v) is 4.65. The van der Waals surface area contributed by atoms with Crippen LogP contribution in [0.1, 0.15) is 20.3 Å². The van der Waals surface area contributed by atoms with E-state index in [1.54, 1.807) is 0 Å². The molecule has 0 aliphatic heterocycles. The molecule has 0 spiro atoms. The summed E-state index contributed by atoms with van der Waals surface area (Å²) in [5.41, 5.74) is 0. The normalized spacial score (nSPS) is 14.9. The largest absolute Gasteiger partial charge is 0.480 e. The Labute approximate surface area is 122 Å². The molecule has 0 aromatic rings. The predicted octanol–water partition coefficient (Wildman–Crippen LogP) is -0.184. The van der Waals surface area contributed by atoms with Gasteiger partial charge in [0.25, 0.3) is 5.91 Å². The van der Waals surface area contributed by atoms with Crippen LogP contribution in [0.2, 0.25) is 0 Å². The number of amides is 2. The predicted molar refractivity (Wildman–Crippen MR) is 73.2 cm³/mol. The summed E-state index contributed by atoms with van der Waals surface area (Å²) in [5, 5.41) is 18.4. The van der Waals surface area contributed by atoms with Crippen LogP contribution in [0, 0.1) is 0 Å². The number of hydrogen-bond donors (Lipinski definition) is 3. The van der Waals surface area contributed by atoms with Crippen LogP contribution >= 0.6 is 7.37 Å². The summed E-state index contributed by atoms with van der Waals surface area (Å²) in [6, 6.07) is -1.40. The first-order valence-electron chi connectivity index (χ1n) is 6.34. The standard InChI is InChI=1S/C11H21N2O7P/c1-4-8(11(16)17)13(18)9(14)6-12(3)10(15)7-21(19,20)5-2/h8,18H,4-7H2,1-3H3,(H,16,17)(H,19,20). The lowest BCUT2D eigenvalue weighted by Crippen LogP contribution is -2.47. The Hall–Kier alpha value is -1.44. The number of carbonyl (C=O) groups excluding carboxylic acids is 2. The van der Waals surface area contributed by atoms with Gasteiger partial charge < -0.3 is 14.9 Å². The number of carbonyl (C=O) groups is 3. The average molecular weight is 324 g/mol. The lowest BCUT2D eigenvalue weighted by molar-refractivity contribution is -0.187. The molecule has 21 heavy (non-hydrogen) atoms. The molecule has 0 aliphatic carbocycles. The number of rotatable bonds is 8. The van der Waals surface area contributed by atoms with Crippen molar-refractivity contribution in [2.75, 3.05) is 25.9 Å². The topological polar surface area (TPSA) is 135 Å². The highest BCUT2D eigenvalue weighted by Gasteiger charge is 2.29. The molecule has 2 atom stereocenters. The summed E-state index contributed by atoms with van der Waals surface area (Å²) >= 11 is 0. The molecule has 0 bridgehead atoms. The van der Waals surface area contributed by atoms with Gasteiger partial charge in [-0.1, -0.05) is 13.8 Å². The zero-order valence-electron chi connectivity index (χ0n) is 12.2. The van der Waals surface area contributed by atoms with Gasteiger partial charge in [-0.3, -0.25) is 19.4 Å². The molecule has 0 saturated carbocycles. The average Bonchev–Trinajstić information content (AvgIpc) is 2.38. The van der Waals surface area contributed by atoms with Crippen molar-refractivity contribution in [1.82, 2.24) is 9.96 Å². The zero-order chi connectivity index (χ0) is 16.8. The first-order valence-corrected chi connectivity index (χ1v) is 8.37. The summed E-state index contributed by atoms with van der Waals surface area (Å²) < 4.78 is 11.4. The summed E-state index contributed by atoms with van der Waals surface area (Å²) in [5.74, 6) is -3.08. The number of carboxylic acids is 1. The molecule has 0 aromatic carbocycles. The Bertz CT molecular complexity index is 454. The third-order valence-electron chi connectivity index (χ3n) is 2.90. The number of carboxylic acid groups (broad SMARTS) is 1. The maximum atomic E-state index is 11.7. The summed E-state index contributed by atoms with van der Waals surface area (Å²) in [6.45, 7) is 2.36. The molecule has 0 fully saturated rings. The van der Waals surface area contributed by atoms with Gasteiger partial charge in [-0.25, -0.2) is 9.86 Å². The van der Waals surface area contributed by atoms with E-state index in [1.807, 2.05) is 0 Å². The summed E-state index contributed by atoms with van der Waals surface area (Å²) in [6.07, 6.45) is -0.671. The first kappa shape index (κ1) is 19.6. The molecule has 9 nitrogen and oxygen atoms in total. The van der Waals surface area contributed by atoms with Gasteiger partial charge in [-0.15, -0.1) is 0 Å². The SMILES string of the molecule is CCC(C(=O)O)N(O)C(=O)CN(C)C(=O)CP(=O)(O)CC. The van der Waals surface area contributed by atoms with Crippen molar-refractivity contribution in [2.45, 2.75) is 26.3 Å². The van der Waals surface area contributed by atoms with Crippen molar-refractivity contribution >= 4 is 25.2 Å². The van der Waals surface area contributed by atoms with Gasteiger partial charge in [0.2, 0.25) is 13.3 Å². The Morgan fingerprint density at radius 3 is 2.10 bits per heavy atom. The van der Waals surface area contributed by atoms with E-state index in [0.717, 1.165) is 4.90 Å². The third kappa shape index (κ3) is 6.24. The van der Waals surface area contributed by atoms with Gasteiger partial charge in [0.15, 0.2) is 6.04 Å². The molecule has 0 saturated heterocycles. The smallest absolute Gasteiger partial charge is 0.329 e. The quantitative estimate of drug-likeness (QED) is 0.320. The highest BCUT2D eigenvalue weighted by atomic mass is 31.2. The molecule has 122 valence electrons. The van der Waals surface area contributed by atoms with Crippen LogP contribution in [0.25, 0.3) is 0 Å². The van der Waals surface area contributed by atoms with Crippen molar-refractivity contribution in [3.63, 3.8) is 0 Å². The van der Waals surface area contributed by atoms with E-state index in [9.17, 15) is 29.0 Å². The van der Waals surface area contributed by atoms with E-state index < -0.39 is 43.9 Å². The van der Waals surface area contributed by atoms with E-state index >= 15 is 0 Å². The number of aliphatic carboxylic acids is 1. The van der Waals surface area contributed by atoms with Crippen LogP contribution in [0.3, 0.4) is 0 Å². The maximum Gasteiger partial charge on any atom is 0.329 e. The minimum atomic E-state index is -3.56. The lowest BCUT2D eigenvalue weighted by Gasteiger charge is -2.24. The molecule has 2 amide bonds. The molecule has 0 radical (unpaired) electrons. The Morgan fingerprint density at radius 1 is 1.19 bits per heavy atom. The van der Waals surface area contributed by atoms with Crippen LogP contribution in [-0.2, 0) is 18.9 Å². The molecule has 0 heterocycles. The second kappa shape index (κ2) is 8.11. The molecule has 0 aliphatic rings. The fourth-order valence-corrected chi connectivity index (χ4v) is 2.32. The molecule has 0 rings (SSSR count). The number of hydrogen-bond acceptors (Lipinski definition) is 5. The van der Waals surface area contributed by atoms with Crippen LogP contribution in [0.5, 0.6) is 0 Å². The van der Waals surface area contributed by atoms with Crippen molar-refractivity contribution in [2.24, 2.45) is 0 Å². The highest BCUT2D eigenvalue weighted by Crippen LogP contribution is 2.39. The van der Waals surface area contributed by atoms with E-state index in [2.05, 4.69) is 0 Å². The van der Waals surface area contributed by atoms with E-state index in [-0.39, 0.29) is 17.6 Å². The molecular weight excluding hydrogens is 303 g/mol. The van der Waals surface area contributed by atoms with Crippen LogP contribution in [0.4, 0.5) is 0 Å². The number of hydroxylamine groups is 2. The summed E-state index contributed by atoms with van der Waals surface area (Å²) in [7, 11) is -2.34. The van der Waals surface area contributed by atoms with Crippen molar-refractivity contribution in [1.29, 1.82) is 0 Å². The van der Waals surface area contributed by atoms with Gasteiger partial charge in [-0.05, 0) is 6.42 Å². The van der Waals surface area contributed by atoms with Gasteiger partial charge in [-0.2, -0.15) is 0 Å². The number of nitrogens with zero attached hydrogens (tertiary/aromatic N) is 2. The van der Waals surface area contributed by atoms with Crippen LogP contribution in [0.15, 0.2) is 0 Å². The minimum absolute atomic E-state index is 0.00306. The Balaban J connectivity index is 4.67. The summed E-state index contributed by atoms with van der Waals surface area (Å²) in [4.78, 5) is 44.4. The minimum Gasteiger partial charge on any atom is -0.480 e. The molecule has 3 N–H and O–H groups in total. The maximum absolute atomic E-state index is 11.7. The van der Waals surface area contributed by atoms with Crippen LogP contribution in [-0.4, -0.2) is 74.9 Å². The fraction of sp³-hybridized carbons (Fsp3) is 0.727. The molecule has 2 unspecified atom stereocenters. The second-order valence-corrected chi connectivity index (χ2v) is 7.21. The zero-order valence-corrected chi connectivity index (χ0v) is 13.1. The molecule has 0 aromatic heterocycles. The van der Waals surface area contributed by atoms with Gasteiger partial charge in [0.1, 0.15) is 12.7 Å². The highest BCUT2D eigenvalue weighted by molar-refractivity contribution is 7.58. The van der Waals surface area contributed by atoms with Gasteiger partial charge >= 0.3 is 5.97 Å². The van der Waals surface area contributed by atoms with Crippen molar-refractivity contribution in [3.8, 4) is 0 Å². The van der Waals surface area contributed by atoms with Crippen molar-refractivity contribution in [3.05, 3.63) is 0 Å². The van der Waals surface area contributed by atoms with E-state index in [0.29, 0.717) is 0 Å². The van der Waals surface area contributed by atoms with Crippen LogP contribution < -0.4 is 0 Å². The number of likely N-dealkylation sites (N-methyl/N-ethyl adjacent to an activating group) is 1. The van der Waals surface area contributed by atoms with Gasteiger partial charge in [0.05, 0.1) is 0 Å². The Morgan fingerprint density at radius 2 is 1.71 bits per heavy atom. The Kier molecular flexibility index (Phi) is 7.56. The first-order chi connectivity index (χ1) is 9.55. The molecular formula is C11H21N2O7P. The van der Waals surface area contributed by atoms with E-state index in [1.165, 1.54) is 20.9 Å². The second-order valence-electron chi connectivity index (χ2n) is 4.57. The van der Waals surface area contributed by atoms with E-state index in [4.69, 9.17) is 5.11 Å². The lowest BCUT2D eigenvalue weighted by atomic mass is 10.2. The van der Waals surface area contributed by atoms with Gasteiger partial charge in [0, 0.05) is 13.2 Å². The fourth-order valence-electron chi connectivity index (χ4n) is 1.43. The monoisotopic (exact) mass is 324 g/mol. The van der Waals surface area contributed by atoms with Crippen molar-refractivity contribution < 1.29 is 34.2 Å². The molecule has 10 heteroatoms.